The van der Waals surface area contributed by atoms with E-state index >= 15 is 0 Å². The fraction of sp³-hybridized carbons (Fsp3) is 0.462. The Morgan fingerprint density at radius 3 is 1.87 bits per heavy atom. The van der Waals surface area contributed by atoms with Gasteiger partial charge in [-0.3, -0.25) is 9.59 Å². The highest BCUT2D eigenvalue weighted by molar-refractivity contribution is 6.43. The highest BCUT2D eigenvalue weighted by atomic mass is 16.3. The van der Waals surface area contributed by atoms with Crippen molar-refractivity contribution in [3.05, 3.63) is 54.1 Å². The van der Waals surface area contributed by atoms with E-state index in [0.29, 0.717) is 5.69 Å². The van der Waals surface area contributed by atoms with Gasteiger partial charge in [0.2, 0.25) is 0 Å². The average Bonchev–Trinajstić information content (AvgIpc) is 2.77. The highest BCUT2D eigenvalue weighted by Gasteiger charge is 2.15. The Morgan fingerprint density at radius 1 is 0.710 bits per heavy atom. The van der Waals surface area contributed by atoms with Gasteiger partial charge < -0.3 is 15.7 Å². The largest absolute Gasteiger partial charge is 0.506 e. The molecule has 2 rings (SSSR count). The zero-order valence-corrected chi connectivity index (χ0v) is 18.7. The molecule has 0 fully saturated rings. The molecule has 0 aliphatic rings. The molecule has 0 saturated carbocycles. The third-order valence-corrected chi connectivity index (χ3v) is 5.39. The second-order valence-corrected chi connectivity index (χ2v) is 8.05. The van der Waals surface area contributed by atoms with E-state index in [1.165, 1.54) is 81.9 Å². The van der Waals surface area contributed by atoms with Crippen molar-refractivity contribution in [1.29, 1.82) is 0 Å². The molecule has 0 aliphatic heterocycles. The Hall–Kier alpha value is -2.82. The minimum absolute atomic E-state index is 0.0834. The summed E-state index contributed by atoms with van der Waals surface area (Å²) in [7, 11) is 0. The molecule has 0 heterocycles. The number of phenolic OH excluding ortho intramolecular Hbond substituents is 1. The van der Waals surface area contributed by atoms with Crippen molar-refractivity contribution in [3.8, 4) is 5.75 Å². The van der Waals surface area contributed by atoms with Gasteiger partial charge in [0.15, 0.2) is 0 Å². The molecule has 0 aliphatic carbocycles. The molecule has 0 radical (unpaired) electrons. The molecule has 5 nitrogen and oxygen atoms in total. The first-order valence-electron chi connectivity index (χ1n) is 11.6. The smallest absolute Gasteiger partial charge is 0.314 e. The lowest BCUT2D eigenvalue weighted by Gasteiger charge is -2.08. The van der Waals surface area contributed by atoms with Crippen LogP contribution in [0.25, 0.3) is 0 Å². The fourth-order valence-electron chi connectivity index (χ4n) is 3.52. The number of hydrogen-bond donors (Lipinski definition) is 3. The number of rotatable bonds is 13. The molecule has 0 atom stereocenters. The summed E-state index contributed by atoms with van der Waals surface area (Å²) in [5.74, 6) is -1.68. The van der Waals surface area contributed by atoms with Crippen molar-refractivity contribution in [2.75, 3.05) is 10.6 Å². The number of aryl methyl sites for hydroxylation is 1. The van der Waals surface area contributed by atoms with Crippen LogP contribution in [0.15, 0.2) is 48.5 Å². The lowest BCUT2D eigenvalue weighted by molar-refractivity contribution is -0.133. The van der Waals surface area contributed by atoms with E-state index < -0.39 is 11.8 Å². The molecule has 5 heteroatoms. The third kappa shape index (κ3) is 9.69. The Labute approximate surface area is 186 Å². The first-order valence-corrected chi connectivity index (χ1v) is 11.6. The second kappa shape index (κ2) is 14.2. The molecule has 168 valence electrons. The van der Waals surface area contributed by atoms with Gasteiger partial charge in [0.05, 0.1) is 5.69 Å². The van der Waals surface area contributed by atoms with Gasteiger partial charge in [-0.2, -0.15) is 0 Å². The summed E-state index contributed by atoms with van der Waals surface area (Å²) in [6.07, 6.45) is 14.3. The predicted octanol–water partition coefficient (Wildman–Crippen LogP) is 6.43. The number of para-hydroxylation sites is 2. The Balaban J connectivity index is 1.62. The van der Waals surface area contributed by atoms with Crippen LogP contribution in [0.3, 0.4) is 0 Å². The van der Waals surface area contributed by atoms with E-state index in [9.17, 15) is 14.7 Å². The quantitative estimate of drug-likeness (QED) is 0.197. The van der Waals surface area contributed by atoms with Gasteiger partial charge in [-0.1, -0.05) is 89.0 Å². The number of nitrogens with one attached hydrogen (secondary N) is 2. The van der Waals surface area contributed by atoms with Crippen molar-refractivity contribution < 1.29 is 14.7 Å². The minimum atomic E-state index is -0.823. The molecule has 0 aromatic heterocycles. The standard InChI is InChI=1S/C26H36N2O3/c1-2-3-4-5-6-7-8-9-10-11-14-21-17-19-22(20-18-21)27-25(30)26(31)28-23-15-12-13-16-24(23)29/h12-13,15-20,29H,2-11,14H2,1H3,(H,27,30)(H,28,31). The molecule has 0 unspecified atom stereocenters. The Morgan fingerprint density at radius 2 is 1.26 bits per heavy atom. The number of amides is 2. The molecule has 2 aromatic rings. The van der Waals surface area contributed by atoms with Crippen LogP contribution < -0.4 is 10.6 Å². The third-order valence-electron chi connectivity index (χ3n) is 5.39. The van der Waals surface area contributed by atoms with Crippen molar-refractivity contribution >= 4 is 23.2 Å². The zero-order valence-electron chi connectivity index (χ0n) is 18.7. The molecular weight excluding hydrogens is 388 g/mol. The van der Waals surface area contributed by atoms with Crippen LogP contribution in [-0.2, 0) is 16.0 Å². The predicted molar refractivity (Wildman–Crippen MR) is 127 cm³/mol. The molecule has 0 spiro atoms. The number of benzene rings is 2. The van der Waals surface area contributed by atoms with Crippen LogP contribution >= 0.6 is 0 Å². The van der Waals surface area contributed by atoms with Crippen molar-refractivity contribution in [2.45, 2.75) is 77.6 Å². The maximum atomic E-state index is 12.1. The fourth-order valence-corrected chi connectivity index (χ4v) is 3.52. The molecule has 0 saturated heterocycles. The first kappa shape index (κ1) is 24.4. The Bertz CT molecular complexity index is 803. The topological polar surface area (TPSA) is 78.4 Å². The number of carbonyl (C=O) groups excluding carboxylic acids is 2. The summed E-state index contributed by atoms with van der Waals surface area (Å²) in [6.45, 7) is 2.25. The van der Waals surface area contributed by atoms with Gasteiger partial charge in [0.1, 0.15) is 5.75 Å². The SMILES string of the molecule is CCCCCCCCCCCCc1ccc(NC(=O)C(=O)Nc2ccccc2O)cc1. The highest BCUT2D eigenvalue weighted by Crippen LogP contribution is 2.21. The van der Waals surface area contributed by atoms with Crippen LogP contribution in [0.2, 0.25) is 0 Å². The average molecular weight is 425 g/mol. The van der Waals surface area contributed by atoms with Crippen LogP contribution in [0.4, 0.5) is 11.4 Å². The lowest BCUT2D eigenvalue weighted by atomic mass is 10.0. The van der Waals surface area contributed by atoms with Gasteiger partial charge >= 0.3 is 11.8 Å². The van der Waals surface area contributed by atoms with E-state index in [-0.39, 0.29) is 11.4 Å². The van der Waals surface area contributed by atoms with Gasteiger partial charge in [0.25, 0.3) is 0 Å². The van der Waals surface area contributed by atoms with Crippen LogP contribution in [0.1, 0.15) is 76.7 Å². The molecule has 2 aromatic carbocycles. The van der Waals surface area contributed by atoms with Gasteiger partial charge in [0, 0.05) is 5.69 Å². The van der Waals surface area contributed by atoms with E-state index in [0.717, 1.165) is 6.42 Å². The van der Waals surface area contributed by atoms with Gasteiger partial charge in [-0.15, -0.1) is 0 Å². The van der Waals surface area contributed by atoms with Gasteiger partial charge in [-0.05, 0) is 42.7 Å². The summed E-state index contributed by atoms with van der Waals surface area (Å²) in [6, 6.07) is 13.9. The van der Waals surface area contributed by atoms with Gasteiger partial charge in [-0.25, -0.2) is 0 Å². The lowest BCUT2D eigenvalue weighted by Crippen LogP contribution is -2.29. The summed E-state index contributed by atoms with van der Waals surface area (Å²) in [4.78, 5) is 24.1. The molecular formula is C26H36N2O3. The molecule has 0 bridgehead atoms. The van der Waals surface area contributed by atoms with Crippen LogP contribution in [0.5, 0.6) is 5.75 Å². The summed E-state index contributed by atoms with van der Waals surface area (Å²) in [5.41, 5.74) is 2.01. The van der Waals surface area contributed by atoms with Crippen molar-refractivity contribution in [2.24, 2.45) is 0 Å². The van der Waals surface area contributed by atoms with E-state index in [4.69, 9.17) is 0 Å². The minimum Gasteiger partial charge on any atom is -0.506 e. The van der Waals surface area contributed by atoms with Crippen LogP contribution in [-0.4, -0.2) is 16.9 Å². The number of carbonyl (C=O) groups is 2. The molecule has 2 amide bonds. The summed E-state index contributed by atoms with van der Waals surface area (Å²) >= 11 is 0. The van der Waals surface area contributed by atoms with E-state index in [1.54, 1.807) is 12.1 Å². The molecule has 3 N–H and O–H groups in total. The maximum Gasteiger partial charge on any atom is 0.314 e. The Kier molecular flexibility index (Phi) is 11.2. The van der Waals surface area contributed by atoms with Crippen LogP contribution in [0, 0.1) is 0 Å². The number of unbranched alkanes of at least 4 members (excludes halogenated alkanes) is 9. The van der Waals surface area contributed by atoms with E-state index in [2.05, 4.69) is 17.6 Å². The number of anilines is 2. The zero-order chi connectivity index (χ0) is 22.3. The second-order valence-electron chi connectivity index (χ2n) is 8.05. The number of aromatic hydroxyl groups is 1. The normalized spacial score (nSPS) is 10.6. The first-order chi connectivity index (χ1) is 15.1. The number of phenols is 1. The van der Waals surface area contributed by atoms with Crippen molar-refractivity contribution in [1.82, 2.24) is 0 Å². The maximum absolute atomic E-state index is 12.1. The summed E-state index contributed by atoms with van der Waals surface area (Å²) < 4.78 is 0. The van der Waals surface area contributed by atoms with Crippen molar-refractivity contribution in [3.63, 3.8) is 0 Å². The van der Waals surface area contributed by atoms with E-state index in [1.807, 2.05) is 24.3 Å². The monoisotopic (exact) mass is 424 g/mol. The summed E-state index contributed by atoms with van der Waals surface area (Å²) in [5, 5.41) is 14.7. The molecule has 31 heavy (non-hydrogen) atoms. The number of hydrogen-bond acceptors (Lipinski definition) is 3.